The molecule has 0 radical (unpaired) electrons. The summed E-state index contributed by atoms with van der Waals surface area (Å²) < 4.78 is 0. The molecule has 0 aromatic carbocycles. The van der Waals surface area contributed by atoms with Gasteiger partial charge in [0, 0.05) is 23.7 Å². The highest BCUT2D eigenvalue weighted by Crippen LogP contribution is 2.31. The summed E-state index contributed by atoms with van der Waals surface area (Å²) in [4.78, 5) is 8.58. The Bertz CT molecular complexity index is 302. The van der Waals surface area contributed by atoms with Crippen molar-refractivity contribution in [3.05, 3.63) is 18.5 Å². The summed E-state index contributed by atoms with van der Waals surface area (Å²) >= 11 is 1.83. The van der Waals surface area contributed by atoms with Crippen molar-refractivity contribution < 1.29 is 0 Å². The fourth-order valence-electron chi connectivity index (χ4n) is 2.22. The highest BCUT2D eigenvalue weighted by molar-refractivity contribution is 7.99. The predicted octanol–water partition coefficient (Wildman–Crippen LogP) is 2.49. The zero-order chi connectivity index (χ0) is 11.2. The van der Waals surface area contributed by atoms with Crippen LogP contribution in [-0.4, -0.2) is 27.8 Å². The van der Waals surface area contributed by atoms with Gasteiger partial charge in [0.05, 0.1) is 0 Å². The maximum atomic E-state index is 4.29. The standard InChI is InChI=1S/C12H19N3S/c1-2-13-10-6-3-4-7-11(10)16-12-14-8-5-9-15-12/h5,8-11,13H,2-4,6-7H2,1H3. The predicted molar refractivity (Wildman–Crippen MR) is 67.6 cm³/mol. The second-order valence-corrected chi connectivity index (χ2v) is 5.34. The number of aromatic nitrogens is 2. The van der Waals surface area contributed by atoms with Crippen molar-refractivity contribution in [2.75, 3.05) is 6.54 Å². The zero-order valence-corrected chi connectivity index (χ0v) is 10.5. The Morgan fingerprint density at radius 2 is 2.06 bits per heavy atom. The van der Waals surface area contributed by atoms with Crippen LogP contribution in [0.5, 0.6) is 0 Å². The van der Waals surface area contributed by atoms with Crippen molar-refractivity contribution in [2.45, 2.75) is 49.1 Å². The van der Waals surface area contributed by atoms with Gasteiger partial charge in [0.15, 0.2) is 5.16 Å². The van der Waals surface area contributed by atoms with E-state index in [-0.39, 0.29) is 0 Å². The van der Waals surface area contributed by atoms with Crippen LogP contribution in [0.15, 0.2) is 23.6 Å². The minimum atomic E-state index is 0.632. The Morgan fingerprint density at radius 1 is 1.31 bits per heavy atom. The number of hydrogen-bond donors (Lipinski definition) is 1. The van der Waals surface area contributed by atoms with E-state index in [1.165, 1.54) is 25.7 Å². The zero-order valence-electron chi connectivity index (χ0n) is 9.72. The summed E-state index contributed by atoms with van der Waals surface area (Å²) in [5, 5.41) is 5.13. The molecule has 88 valence electrons. The summed E-state index contributed by atoms with van der Waals surface area (Å²) in [6.45, 7) is 3.23. The van der Waals surface area contributed by atoms with Gasteiger partial charge in [0.2, 0.25) is 0 Å². The molecule has 1 heterocycles. The maximum Gasteiger partial charge on any atom is 0.187 e. The molecule has 0 saturated heterocycles. The smallest absolute Gasteiger partial charge is 0.187 e. The van der Waals surface area contributed by atoms with Gasteiger partial charge in [-0.2, -0.15) is 0 Å². The van der Waals surface area contributed by atoms with Crippen molar-refractivity contribution in [3.8, 4) is 0 Å². The van der Waals surface area contributed by atoms with Crippen molar-refractivity contribution in [2.24, 2.45) is 0 Å². The van der Waals surface area contributed by atoms with E-state index < -0.39 is 0 Å². The van der Waals surface area contributed by atoms with E-state index in [0.717, 1.165) is 11.7 Å². The number of nitrogens with one attached hydrogen (secondary N) is 1. The summed E-state index contributed by atoms with van der Waals surface area (Å²) in [5.41, 5.74) is 0. The lowest BCUT2D eigenvalue weighted by Crippen LogP contribution is -2.40. The normalized spacial score (nSPS) is 25.6. The summed E-state index contributed by atoms with van der Waals surface area (Å²) in [7, 11) is 0. The third-order valence-corrected chi connectivity index (χ3v) is 4.26. The SMILES string of the molecule is CCNC1CCCCC1Sc1ncccn1. The molecular weight excluding hydrogens is 218 g/mol. The molecule has 1 aromatic rings. The first-order valence-electron chi connectivity index (χ1n) is 6.07. The molecular formula is C12H19N3S. The van der Waals surface area contributed by atoms with Crippen LogP contribution >= 0.6 is 11.8 Å². The lowest BCUT2D eigenvalue weighted by Gasteiger charge is -2.30. The average Bonchev–Trinajstić information content (AvgIpc) is 2.33. The monoisotopic (exact) mass is 237 g/mol. The van der Waals surface area contributed by atoms with Gasteiger partial charge in [0.1, 0.15) is 0 Å². The summed E-state index contributed by atoms with van der Waals surface area (Å²) in [6, 6.07) is 2.50. The van der Waals surface area contributed by atoms with Crippen molar-refractivity contribution >= 4 is 11.8 Å². The highest BCUT2D eigenvalue weighted by atomic mass is 32.2. The molecule has 1 aromatic heterocycles. The van der Waals surface area contributed by atoms with Crippen molar-refractivity contribution in [1.82, 2.24) is 15.3 Å². The molecule has 4 heteroatoms. The molecule has 3 nitrogen and oxygen atoms in total. The minimum Gasteiger partial charge on any atom is -0.313 e. The van der Waals surface area contributed by atoms with Crippen LogP contribution in [0.2, 0.25) is 0 Å². The first kappa shape index (κ1) is 11.9. The molecule has 16 heavy (non-hydrogen) atoms. The van der Waals surface area contributed by atoms with Crippen LogP contribution < -0.4 is 5.32 Å². The van der Waals surface area contributed by atoms with Gasteiger partial charge >= 0.3 is 0 Å². The third-order valence-electron chi connectivity index (χ3n) is 2.97. The highest BCUT2D eigenvalue weighted by Gasteiger charge is 2.25. The second-order valence-electron chi connectivity index (χ2n) is 4.14. The third kappa shape index (κ3) is 3.19. The molecule has 2 unspecified atom stereocenters. The molecule has 1 aliphatic rings. The van der Waals surface area contributed by atoms with Crippen molar-refractivity contribution in [3.63, 3.8) is 0 Å². The van der Waals surface area contributed by atoms with Crippen LogP contribution in [0.4, 0.5) is 0 Å². The Balaban J connectivity index is 1.96. The van der Waals surface area contributed by atoms with Crippen molar-refractivity contribution in [1.29, 1.82) is 0 Å². The molecule has 0 amide bonds. The Labute approximate surface area is 101 Å². The number of nitrogens with zero attached hydrogens (tertiary/aromatic N) is 2. The molecule has 1 fully saturated rings. The Morgan fingerprint density at radius 3 is 2.81 bits per heavy atom. The molecule has 0 spiro atoms. The Hall–Kier alpha value is -0.610. The van der Waals surface area contributed by atoms with Gasteiger partial charge in [-0.15, -0.1) is 0 Å². The van der Waals surface area contributed by atoms with Gasteiger partial charge in [-0.1, -0.05) is 31.5 Å². The largest absolute Gasteiger partial charge is 0.313 e. The van der Waals surface area contributed by atoms with Crippen LogP contribution in [0.3, 0.4) is 0 Å². The van der Waals surface area contributed by atoms with Crippen LogP contribution in [0.1, 0.15) is 32.6 Å². The molecule has 0 bridgehead atoms. The van der Waals surface area contributed by atoms with E-state index in [9.17, 15) is 0 Å². The van der Waals surface area contributed by atoms with Gasteiger partial charge in [-0.3, -0.25) is 0 Å². The Kier molecular flexibility index (Phi) is 4.60. The lowest BCUT2D eigenvalue weighted by atomic mass is 9.95. The number of rotatable bonds is 4. The maximum absolute atomic E-state index is 4.29. The van der Waals surface area contributed by atoms with E-state index >= 15 is 0 Å². The van der Waals surface area contributed by atoms with Gasteiger partial charge in [0.25, 0.3) is 0 Å². The molecule has 2 rings (SSSR count). The fourth-order valence-corrected chi connectivity index (χ4v) is 3.41. The molecule has 1 aliphatic carbocycles. The summed E-state index contributed by atoms with van der Waals surface area (Å²) in [6.07, 6.45) is 8.90. The van der Waals surface area contributed by atoms with Gasteiger partial charge in [-0.25, -0.2) is 9.97 Å². The van der Waals surface area contributed by atoms with Crippen LogP contribution in [0.25, 0.3) is 0 Å². The number of hydrogen-bond acceptors (Lipinski definition) is 4. The second kappa shape index (κ2) is 6.21. The van der Waals surface area contributed by atoms with Gasteiger partial charge in [-0.05, 0) is 25.5 Å². The molecule has 1 N–H and O–H groups in total. The van der Waals surface area contributed by atoms with Crippen LogP contribution in [0, 0.1) is 0 Å². The van der Waals surface area contributed by atoms with E-state index in [1.54, 1.807) is 0 Å². The van der Waals surface area contributed by atoms with Gasteiger partial charge < -0.3 is 5.32 Å². The number of thioether (sulfide) groups is 1. The quantitative estimate of drug-likeness (QED) is 0.816. The molecule has 0 aliphatic heterocycles. The first-order chi connectivity index (χ1) is 7.90. The van der Waals surface area contributed by atoms with E-state index in [0.29, 0.717) is 11.3 Å². The average molecular weight is 237 g/mol. The van der Waals surface area contributed by atoms with E-state index in [4.69, 9.17) is 0 Å². The molecule has 2 atom stereocenters. The molecule has 1 saturated carbocycles. The lowest BCUT2D eigenvalue weighted by molar-refractivity contribution is 0.390. The van der Waals surface area contributed by atoms with E-state index in [1.807, 2.05) is 30.2 Å². The van der Waals surface area contributed by atoms with Crippen LogP contribution in [-0.2, 0) is 0 Å². The first-order valence-corrected chi connectivity index (χ1v) is 6.95. The summed E-state index contributed by atoms with van der Waals surface area (Å²) in [5.74, 6) is 0. The van der Waals surface area contributed by atoms with E-state index in [2.05, 4.69) is 22.2 Å². The topological polar surface area (TPSA) is 37.8 Å². The fraction of sp³-hybridized carbons (Fsp3) is 0.667. The minimum absolute atomic E-state index is 0.632.